The normalized spacial score (nSPS) is 14.3. The minimum atomic E-state index is 0.191. The van der Waals surface area contributed by atoms with E-state index < -0.39 is 0 Å². The molecular weight excluding hydrogens is 306 g/mol. The molecule has 0 unspecified atom stereocenters. The van der Waals surface area contributed by atoms with Crippen LogP contribution in [0.15, 0.2) is 35.5 Å². The van der Waals surface area contributed by atoms with Gasteiger partial charge >= 0.3 is 0 Å². The van der Waals surface area contributed by atoms with E-state index in [1.165, 1.54) is 0 Å². The van der Waals surface area contributed by atoms with Crippen molar-refractivity contribution in [2.75, 3.05) is 30.8 Å². The van der Waals surface area contributed by atoms with Gasteiger partial charge in [-0.3, -0.25) is 0 Å². The molecule has 1 saturated heterocycles. The molecule has 3 rings (SSSR count). The lowest BCUT2D eigenvalue weighted by Crippen LogP contribution is -2.22. The molecule has 1 aliphatic rings. The van der Waals surface area contributed by atoms with Crippen LogP contribution in [0.4, 0.5) is 11.8 Å². The van der Waals surface area contributed by atoms with Gasteiger partial charge in [0.2, 0.25) is 11.8 Å². The summed E-state index contributed by atoms with van der Waals surface area (Å²) in [4.78, 5) is 16.0. The zero-order valence-electron chi connectivity index (χ0n) is 13.7. The summed E-state index contributed by atoms with van der Waals surface area (Å²) < 4.78 is 5.34. The monoisotopic (exact) mass is 327 g/mol. The summed E-state index contributed by atoms with van der Waals surface area (Å²) in [6.45, 7) is 2.27. The van der Waals surface area contributed by atoms with Gasteiger partial charge in [0.25, 0.3) is 0 Å². The molecule has 7 heteroatoms. The second-order valence-corrected chi connectivity index (χ2v) is 5.52. The van der Waals surface area contributed by atoms with Crippen molar-refractivity contribution in [3.05, 3.63) is 41.5 Å². The van der Waals surface area contributed by atoms with Crippen molar-refractivity contribution < 1.29 is 9.57 Å². The maximum absolute atomic E-state index is 5.80. The van der Waals surface area contributed by atoms with Crippen LogP contribution in [-0.2, 0) is 11.4 Å². The molecule has 126 valence electrons. The van der Waals surface area contributed by atoms with Crippen molar-refractivity contribution in [1.82, 2.24) is 9.97 Å². The maximum Gasteiger partial charge on any atom is 0.229 e. The molecule has 1 aliphatic heterocycles. The molecule has 0 amide bonds. The molecular formula is C17H21N5O2. The van der Waals surface area contributed by atoms with Crippen LogP contribution < -0.4 is 15.4 Å². The van der Waals surface area contributed by atoms with Crippen LogP contribution in [0.3, 0.4) is 0 Å². The van der Waals surface area contributed by atoms with E-state index in [9.17, 15) is 0 Å². The molecule has 7 nitrogen and oxygen atoms in total. The SMILES string of the molecule is COc1nc(N)nc(N2CCCC2)c1C=NOCc1ccccc1. The predicted molar refractivity (Wildman–Crippen MR) is 93.3 cm³/mol. The van der Waals surface area contributed by atoms with E-state index in [0.717, 1.165) is 37.3 Å². The number of aromatic nitrogens is 2. The van der Waals surface area contributed by atoms with Gasteiger partial charge in [-0.05, 0) is 18.4 Å². The summed E-state index contributed by atoms with van der Waals surface area (Å²) in [5.74, 6) is 1.33. The number of nitrogens with two attached hydrogens (primary N) is 1. The van der Waals surface area contributed by atoms with Crippen LogP contribution in [-0.4, -0.2) is 36.4 Å². The first-order valence-electron chi connectivity index (χ1n) is 7.93. The summed E-state index contributed by atoms with van der Waals surface area (Å²) >= 11 is 0. The zero-order valence-corrected chi connectivity index (χ0v) is 13.7. The molecule has 1 fully saturated rings. The van der Waals surface area contributed by atoms with E-state index in [1.54, 1.807) is 13.3 Å². The van der Waals surface area contributed by atoms with Gasteiger partial charge in [-0.2, -0.15) is 9.97 Å². The van der Waals surface area contributed by atoms with Crippen LogP contribution in [0, 0.1) is 0 Å². The van der Waals surface area contributed by atoms with E-state index in [-0.39, 0.29) is 5.95 Å². The Kier molecular flexibility index (Phi) is 5.10. The van der Waals surface area contributed by atoms with Gasteiger partial charge in [-0.25, -0.2) is 0 Å². The average molecular weight is 327 g/mol. The summed E-state index contributed by atoms with van der Waals surface area (Å²) in [6.07, 6.45) is 3.86. The Hall–Kier alpha value is -2.83. The first kappa shape index (κ1) is 16.0. The Morgan fingerprint density at radius 2 is 1.96 bits per heavy atom. The lowest BCUT2D eigenvalue weighted by Gasteiger charge is -2.19. The zero-order chi connectivity index (χ0) is 16.8. The smallest absolute Gasteiger partial charge is 0.229 e. The third-order valence-corrected chi connectivity index (χ3v) is 3.84. The molecule has 2 aromatic rings. The third-order valence-electron chi connectivity index (χ3n) is 3.84. The number of anilines is 2. The second-order valence-electron chi connectivity index (χ2n) is 5.52. The van der Waals surface area contributed by atoms with Gasteiger partial charge in [-0.15, -0.1) is 0 Å². The van der Waals surface area contributed by atoms with E-state index in [4.69, 9.17) is 15.3 Å². The highest BCUT2D eigenvalue weighted by molar-refractivity contribution is 5.89. The second kappa shape index (κ2) is 7.63. The third kappa shape index (κ3) is 3.73. The highest BCUT2D eigenvalue weighted by atomic mass is 16.6. The number of benzene rings is 1. The van der Waals surface area contributed by atoms with Crippen LogP contribution in [0.5, 0.6) is 5.88 Å². The molecule has 1 aromatic heterocycles. The average Bonchev–Trinajstić information content (AvgIpc) is 3.14. The number of methoxy groups -OCH3 is 1. The molecule has 2 N–H and O–H groups in total. The molecule has 24 heavy (non-hydrogen) atoms. The van der Waals surface area contributed by atoms with Crippen molar-refractivity contribution in [1.29, 1.82) is 0 Å². The van der Waals surface area contributed by atoms with Crippen LogP contribution in [0.1, 0.15) is 24.0 Å². The Balaban J connectivity index is 1.78. The van der Waals surface area contributed by atoms with Crippen molar-refractivity contribution in [3.63, 3.8) is 0 Å². The van der Waals surface area contributed by atoms with Gasteiger partial charge in [-0.1, -0.05) is 35.5 Å². The Morgan fingerprint density at radius 3 is 2.67 bits per heavy atom. The van der Waals surface area contributed by atoms with Crippen molar-refractivity contribution >= 4 is 18.0 Å². The number of hydrogen-bond donors (Lipinski definition) is 1. The number of nitrogen functional groups attached to an aromatic ring is 1. The largest absolute Gasteiger partial charge is 0.480 e. The molecule has 0 radical (unpaired) electrons. The van der Waals surface area contributed by atoms with Gasteiger partial charge in [0.15, 0.2) is 0 Å². The van der Waals surface area contributed by atoms with Crippen molar-refractivity contribution in [2.24, 2.45) is 5.16 Å². The number of nitrogens with zero attached hydrogens (tertiary/aromatic N) is 4. The molecule has 0 bridgehead atoms. The lowest BCUT2D eigenvalue weighted by atomic mass is 10.2. The molecule has 0 atom stereocenters. The molecule has 2 heterocycles. The topological polar surface area (TPSA) is 85.9 Å². The molecule has 0 saturated carbocycles. The minimum Gasteiger partial charge on any atom is -0.480 e. The minimum absolute atomic E-state index is 0.191. The summed E-state index contributed by atoms with van der Waals surface area (Å²) in [7, 11) is 1.55. The van der Waals surface area contributed by atoms with Gasteiger partial charge < -0.3 is 20.2 Å². The van der Waals surface area contributed by atoms with E-state index in [1.807, 2.05) is 30.3 Å². The van der Waals surface area contributed by atoms with Crippen LogP contribution >= 0.6 is 0 Å². The lowest BCUT2D eigenvalue weighted by molar-refractivity contribution is 0.132. The first-order valence-corrected chi connectivity index (χ1v) is 7.93. The Morgan fingerprint density at radius 1 is 1.21 bits per heavy atom. The Labute approximate surface area is 141 Å². The summed E-state index contributed by atoms with van der Waals surface area (Å²) in [5.41, 5.74) is 7.53. The summed E-state index contributed by atoms with van der Waals surface area (Å²) in [6, 6.07) is 9.86. The van der Waals surface area contributed by atoms with E-state index >= 15 is 0 Å². The Bertz CT molecular complexity index is 700. The van der Waals surface area contributed by atoms with Gasteiger partial charge in [0.1, 0.15) is 18.0 Å². The standard InChI is InChI=1S/C17H21N5O2/c1-23-16-14(11-19-24-12-13-7-3-2-4-8-13)15(20-17(18)21-16)22-9-5-6-10-22/h2-4,7-8,11H,5-6,9-10,12H2,1H3,(H2,18,20,21). The first-order chi connectivity index (χ1) is 11.8. The van der Waals surface area contributed by atoms with Crippen molar-refractivity contribution in [2.45, 2.75) is 19.4 Å². The fourth-order valence-corrected chi connectivity index (χ4v) is 2.67. The molecule has 0 aliphatic carbocycles. The fourth-order valence-electron chi connectivity index (χ4n) is 2.67. The molecule has 1 aromatic carbocycles. The maximum atomic E-state index is 5.80. The van der Waals surface area contributed by atoms with Gasteiger partial charge in [0.05, 0.1) is 13.3 Å². The van der Waals surface area contributed by atoms with Gasteiger partial charge in [0, 0.05) is 13.1 Å². The van der Waals surface area contributed by atoms with Crippen molar-refractivity contribution in [3.8, 4) is 5.88 Å². The molecule has 0 spiro atoms. The number of rotatable bonds is 6. The number of oxime groups is 1. The highest BCUT2D eigenvalue weighted by Gasteiger charge is 2.21. The summed E-state index contributed by atoms with van der Waals surface area (Å²) in [5, 5.41) is 4.05. The van der Waals surface area contributed by atoms with Crippen LogP contribution in [0.2, 0.25) is 0 Å². The fraction of sp³-hybridized carbons (Fsp3) is 0.353. The predicted octanol–water partition coefficient (Wildman–Crippen LogP) is 2.22. The van der Waals surface area contributed by atoms with Crippen LogP contribution in [0.25, 0.3) is 0 Å². The highest BCUT2D eigenvalue weighted by Crippen LogP contribution is 2.28. The quantitative estimate of drug-likeness (QED) is 0.647. The van der Waals surface area contributed by atoms with E-state index in [0.29, 0.717) is 18.1 Å². The number of ether oxygens (including phenoxy) is 1. The van der Waals surface area contributed by atoms with E-state index in [2.05, 4.69) is 20.0 Å². The number of hydrogen-bond acceptors (Lipinski definition) is 7.